The molecular weight excluding hydrogens is 302 g/mol. The van der Waals surface area contributed by atoms with Crippen LogP contribution in [-0.4, -0.2) is 50.7 Å². The van der Waals surface area contributed by atoms with Gasteiger partial charge in [-0.2, -0.15) is 0 Å². The number of carbonyl (C=O) groups is 1. The first-order valence-corrected chi connectivity index (χ1v) is 7.71. The molecule has 23 heavy (non-hydrogen) atoms. The molecule has 0 radical (unpaired) electrons. The van der Waals surface area contributed by atoms with Gasteiger partial charge in [-0.1, -0.05) is 6.07 Å². The minimum Gasteiger partial charge on any atom is -0.383 e. The van der Waals surface area contributed by atoms with Crippen LogP contribution in [0, 0.1) is 17.6 Å². The van der Waals surface area contributed by atoms with Crippen LogP contribution >= 0.6 is 0 Å². The molecule has 0 aliphatic carbocycles. The highest BCUT2D eigenvalue weighted by Gasteiger charge is 2.22. The van der Waals surface area contributed by atoms with Gasteiger partial charge in [0.05, 0.1) is 6.61 Å². The number of benzene rings is 1. The van der Waals surface area contributed by atoms with E-state index in [0.717, 1.165) is 38.2 Å². The molecule has 126 valence electrons. The summed E-state index contributed by atoms with van der Waals surface area (Å²) in [5.41, 5.74) is -0.200. The quantitative estimate of drug-likeness (QED) is 0.781. The van der Waals surface area contributed by atoms with Crippen LogP contribution in [0.3, 0.4) is 0 Å². The van der Waals surface area contributed by atoms with Crippen molar-refractivity contribution >= 4 is 12.0 Å². The lowest BCUT2D eigenvalue weighted by Gasteiger charge is -2.15. The number of hydrogen-bond donors (Lipinski definition) is 1. The highest BCUT2D eigenvalue weighted by molar-refractivity contribution is 5.91. The van der Waals surface area contributed by atoms with Gasteiger partial charge in [-0.15, -0.1) is 0 Å². The Bertz CT molecular complexity index is 543. The van der Waals surface area contributed by atoms with Crippen molar-refractivity contribution in [3.63, 3.8) is 0 Å². The van der Waals surface area contributed by atoms with Crippen molar-refractivity contribution in [1.29, 1.82) is 0 Å². The van der Waals surface area contributed by atoms with Crippen LogP contribution in [0.5, 0.6) is 0 Å². The Morgan fingerprint density at radius 2 is 2.17 bits per heavy atom. The molecule has 4 nitrogen and oxygen atoms in total. The first-order valence-electron chi connectivity index (χ1n) is 7.71. The number of carbonyl (C=O) groups excluding carboxylic acids is 1. The zero-order valence-corrected chi connectivity index (χ0v) is 13.2. The number of methoxy groups -OCH3 is 1. The summed E-state index contributed by atoms with van der Waals surface area (Å²) in [7, 11) is 1.68. The molecule has 1 saturated heterocycles. The van der Waals surface area contributed by atoms with Gasteiger partial charge in [0.25, 0.3) is 0 Å². The summed E-state index contributed by atoms with van der Waals surface area (Å²) in [4.78, 5) is 14.1. The van der Waals surface area contributed by atoms with E-state index in [2.05, 4.69) is 10.2 Å². The Morgan fingerprint density at radius 1 is 1.43 bits per heavy atom. The predicted octanol–water partition coefficient (Wildman–Crippen LogP) is 2.06. The Kier molecular flexibility index (Phi) is 6.67. The van der Waals surface area contributed by atoms with E-state index in [1.165, 1.54) is 18.2 Å². The molecular formula is C17H22F2N2O2. The van der Waals surface area contributed by atoms with Gasteiger partial charge in [0, 0.05) is 38.4 Å². The zero-order chi connectivity index (χ0) is 16.7. The maximum atomic E-state index is 13.4. The number of nitrogens with zero attached hydrogens (tertiary/aromatic N) is 1. The smallest absolute Gasteiger partial charge is 0.244 e. The van der Waals surface area contributed by atoms with Crippen LogP contribution in [0.4, 0.5) is 8.78 Å². The summed E-state index contributed by atoms with van der Waals surface area (Å²) in [6.07, 6.45) is 3.36. The second kappa shape index (κ2) is 8.74. The van der Waals surface area contributed by atoms with Crippen molar-refractivity contribution < 1.29 is 18.3 Å². The third kappa shape index (κ3) is 5.41. The molecule has 1 aromatic carbocycles. The van der Waals surface area contributed by atoms with Gasteiger partial charge in [-0.25, -0.2) is 8.78 Å². The minimum absolute atomic E-state index is 0.200. The topological polar surface area (TPSA) is 41.6 Å². The maximum Gasteiger partial charge on any atom is 0.244 e. The van der Waals surface area contributed by atoms with Gasteiger partial charge in [0.1, 0.15) is 11.6 Å². The Labute approximate surface area is 135 Å². The van der Waals surface area contributed by atoms with E-state index < -0.39 is 11.6 Å². The molecule has 0 bridgehead atoms. The number of halogens is 2. The summed E-state index contributed by atoms with van der Waals surface area (Å²) < 4.78 is 31.9. The van der Waals surface area contributed by atoms with Gasteiger partial charge in [0.15, 0.2) is 0 Å². The van der Waals surface area contributed by atoms with E-state index >= 15 is 0 Å². The van der Waals surface area contributed by atoms with E-state index in [1.807, 2.05) is 0 Å². The molecule has 0 saturated carbocycles. The first kappa shape index (κ1) is 17.6. The molecule has 1 heterocycles. The monoisotopic (exact) mass is 324 g/mol. The molecule has 1 fully saturated rings. The van der Waals surface area contributed by atoms with E-state index in [0.29, 0.717) is 19.1 Å². The number of likely N-dealkylation sites (tertiary alicyclic amines) is 1. The first-order chi connectivity index (χ1) is 11.1. The van der Waals surface area contributed by atoms with E-state index in [1.54, 1.807) is 7.11 Å². The lowest BCUT2D eigenvalue weighted by Crippen LogP contribution is -2.30. The fraction of sp³-hybridized carbons (Fsp3) is 0.471. The standard InChI is InChI=1S/C17H22F2N2O2/c1-23-10-9-21-8-7-13(12-21)11-20-17(22)6-5-14-15(18)3-2-4-16(14)19/h2-6,13H,7-12H2,1H3,(H,20,22). The maximum absolute atomic E-state index is 13.4. The number of nitrogens with one attached hydrogen (secondary N) is 1. The van der Waals surface area contributed by atoms with Gasteiger partial charge >= 0.3 is 0 Å². The molecule has 0 spiro atoms. The molecule has 6 heteroatoms. The molecule has 1 aliphatic rings. The lowest BCUT2D eigenvalue weighted by atomic mass is 10.1. The SMILES string of the molecule is COCCN1CCC(CNC(=O)C=Cc2c(F)cccc2F)C1. The average molecular weight is 324 g/mol. The van der Waals surface area contributed by atoms with E-state index in [4.69, 9.17) is 4.74 Å². The van der Waals surface area contributed by atoms with Crippen LogP contribution in [0.1, 0.15) is 12.0 Å². The summed E-state index contributed by atoms with van der Waals surface area (Å²) in [6, 6.07) is 3.61. The van der Waals surface area contributed by atoms with Crippen molar-refractivity contribution in [3.05, 3.63) is 41.5 Å². The van der Waals surface area contributed by atoms with Crippen LogP contribution in [-0.2, 0) is 9.53 Å². The van der Waals surface area contributed by atoms with E-state index in [9.17, 15) is 13.6 Å². The summed E-state index contributed by atoms with van der Waals surface area (Å²) in [5, 5.41) is 2.78. The summed E-state index contributed by atoms with van der Waals surface area (Å²) >= 11 is 0. The highest BCUT2D eigenvalue weighted by Crippen LogP contribution is 2.15. The molecule has 0 aromatic heterocycles. The minimum atomic E-state index is -0.682. The molecule has 1 atom stereocenters. The van der Waals surface area contributed by atoms with Crippen LogP contribution in [0.15, 0.2) is 24.3 Å². The molecule has 1 N–H and O–H groups in total. The van der Waals surface area contributed by atoms with Gasteiger partial charge in [-0.05, 0) is 37.1 Å². The van der Waals surface area contributed by atoms with Gasteiger partial charge in [0.2, 0.25) is 5.91 Å². The highest BCUT2D eigenvalue weighted by atomic mass is 19.1. The second-order valence-electron chi connectivity index (χ2n) is 5.66. The van der Waals surface area contributed by atoms with Gasteiger partial charge < -0.3 is 15.0 Å². The number of ether oxygens (including phenoxy) is 1. The molecule has 1 unspecified atom stereocenters. The predicted molar refractivity (Wildman–Crippen MR) is 84.8 cm³/mol. The summed E-state index contributed by atoms with van der Waals surface area (Å²) in [5.74, 6) is -1.31. The third-order valence-electron chi connectivity index (χ3n) is 3.95. The fourth-order valence-electron chi connectivity index (χ4n) is 2.64. The number of hydrogen-bond acceptors (Lipinski definition) is 3. The van der Waals surface area contributed by atoms with Crippen molar-refractivity contribution in [1.82, 2.24) is 10.2 Å². The van der Waals surface area contributed by atoms with E-state index in [-0.39, 0.29) is 11.5 Å². The molecule has 1 aromatic rings. The molecule has 2 rings (SSSR count). The van der Waals surface area contributed by atoms with Crippen LogP contribution in [0.2, 0.25) is 0 Å². The average Bonchev–Trinajstić information content (AvgIpc) is 2.98. The van der Waals surface area contributed by atoms with Crippen LogP contribution < -0.4 is 5.32 Å². The Hall–Kier alpha value is -1.79. The normalized spacial score (nSPS) is 18.7. The molecule has 1 amide bonds. The van der Waals surface area contributed by atoms with Gasteiger partial charge in [-0.3, -0.25) is 4.79 Å². The largest absolute Gasteiger partial charge is 0.383 e. The second-order valence-corrected chi connectivity index (χ2v) is 5.66. The molecule has 1 aliphatic heterocycles. The van der Waals surface area contributed by atoms with Crippen molar-refractivity contribution in [3.8, 4) is 0 Å². The fourth-order valence-corrected chi connectivity index (χ4v) is 2.64. The van der Waals surface area contributed by atoms with Crippen molar-refractivity contribution in [2.24, 2.45) is 5.92 Å². The Morgan fingerprint density at radius 3 is 2.87 bits per heavy atom. The lowest BCUT2D eigenvalue weighted by molar-refractivity contribution is -0.116. The Balaban J connectivity index is 1.76. The summed E-state index contributed by atoms with van der Waals surface area (Å²) in [6.45, 7) is 4.09. The number of rotatable bonds is 7. The third-order valence-corrected chi connectivity index (χ3v) is 3.95. The number of amides is 1. The zero-order valence-electron chi connectivity index (χ0n) is 13.2. The van der Waals surface area contributed by atoms with Crippen molar-refractivity contribution in [2.75, 3.05) is 39.9 Å². The van der Waals surface area contributed by atoms with Crippen molar-refractivity contribution in [2.45, 2.75) is 6.42 Å². The van der Waals surface area contributed by atoms with Crippen LogP contribution in [0.25, 0.3) is 6.08 Å².